The summed E-state index contributed by atoms with van der Waals surface area (Å²) in [4.78, 5) is 12.6. The standard InChI is InChI=1S/C17H24N2O/c18-17(11-5-2-6-12-17)16(20)19-15(14-9-10-14)13-7-3-1-4-8-13/h1,3-4,7-8,14-15H,2,5-6,9-12,18H2,(H,19,20). The maximum atomic E-state index is 12.6. The van der Waals surface area contributed by atoms with E-state index in [0.717, 1.165) is 25.7 Å². The van der Waals surface area contributed by atoms with Crippen molar-refractivity contribution in [2.24, 2.45) is 11.7 Å². The zero-order valence-corrected chi connectivity index (χ0v) is 12.0. The van der Waals surface area contributed by atoms with E-state index in [1.807, 2.05) is 18.2 Å². The molecule has 3 N–H and O–H groups in total. The summed E-state index contributed by atoms with van der Waals surface area (Å²) in [5.41, 5.74) is 6.91. The molecule has 2 fully saturated rings. The average Bonchev–Trinajstić information content (AvgIpc) is 3.31. The summed E-state index contributed by atoms with van der Waals surface area (Å²) >= 11 is 0. The minimum Gasteiger partial charge on any atom is -0.347 e. The Kier molecular flexibility index (Phi) is 3.79. The van der Waals surface area contributed by atoms with Gasteiger partial charge in [-0.1, -0.05) is 49.6 Å². The SMILES string of the molecule is NC1(C(=O)NC(c2ccccc2)C2CC2)CCCCC1. The van der Waals surface area contributed by atoms with Gasteiger partial charge < -0.3 is 11.1 Å². The lowest BCUT2D eigenvalue weighted by Crippen LogP contribution is -2.55. The fourth-order valence-corrected chi connectivity index (χ4v) is 3.26. The van der Waals surface area contributed by atoms with Crippen LogP contribution in [-0.2, 0) is 4.79 Å². The first-order chi connectivity index (χ1) is 9.69. The minimum absolute atomic E-state index is 0.0537. The number of benzene rings is 1. The van der Waals surface area contributed by atoms with Crippen LogP contribution in [0.3, 0.4) is 0 Å². The van der Waals surface area contributed by atoms with E-state index in [0.29, 0.717) is 5.92 Å². The molecule has 2 aliphatic carbocycles. The van der Waals surface area contributed by atoms with E-state index in [4.69, 9.17) is 5.73 Å². The van der Waals surface area contributed by atoms with Gasteiger partial charge in [0.15, 0.2) is 0 Å². The monoisotopic (exact) mass is 272 g/mol. The topological polar surface area (TPSA) is 55.1 Å². The second-order valence-electron chi connectivity index (χ2n) is 6.42. The van der Waals surface area contributed by atoms with Crippen molar-refractivity contribution in [1.29, 1.82) is 0 Å². The summed E-state index contributed by atoms with van der Waals surface area (Å²) in [6.45, 7) is 0. The molecule has 0 heterocycles. The number of amides is 1. The minimum atomic E-state index is -0.639. The molecule has 0 aromatic heterocycles. The summed E-state index contributed by atoms with van der Waals surface area (Å²) in [5.74, 6) is 0.645. The van der Waals surface area contributed by atoms with Gasteiger partial charge in [0.25, 0.3) is 0 Å². The zero-order valence-electron chi connectivity index (χ0n) is 12.0. The van der Waals surface area contributed by atoms with Gasteiger partial charge in [0.05, 0.1) is 11.6 Å². The van der Waals surface area contributed by atoms with Crippen LogP contribution in [0.4, 0.5) is 0 Å². The second-order valence-corrected chi connectivity index (χ2v) is 6.42. The first kappa shape index (κ1) is 13.6. The smallest absolute Gasteiger partial charge is 0.240 e. The van der Waals surface area contributed by atoms with Gasteiger partial charge in [0, 0.05) is 0 Å². The molecule has 1 aromatic rings. The van der Waals surface area contributed by atoms with Gasteiger partial charge >= 0.3 is 0 Å². The van der Waals surface area contributed by atoms with Crippen LogP contribution in [0.25, 0.3) is 0 Å². The first-order valence-corrected chi connectivity index (χ1v) is 7.84. The number of hydrogen-bond acceptors (Lipinski definition) is 2. The van der Waals surface area contributed by atoms with Crippen molar-refractivity contribution in [1.82, 2.24) is 5.32 Å². The number of nitrogens with two attached hydrogens (primary N) is 1. The number of rotatable bonds is 4. The largest absolute Gasteiger partial charge is 0.347 e. The van der Waals surface area contributed by atoms with E-state index in [2.05, 4.69) is 17.4 Å². The summed E-state index contributed by atoms with van der Waals surface area (Å²) in [6, 6.07) is 10.4. The van der Waals surface area contributed by atoms with Crippen molar-refractivity contribution < 1.29 is 4.79 Å². The van der Waals surface area contributed by atoms with E-state index >= 15 is 0 Å². The Bertz CT molecular complexity index is 461. The molecule has 108 valence electrons. The first-order valence-electron chi connectivity index (χ1n) is 7.84. The molecule has 2 saturated carbocycles. The molecule has 1 amide bonds. The van der Waals surface area contributed by atoms with Crippen LogP contribution >= 0.6 is 0 Å². The molecule has 0 radical (unpaired) electrons. The lowest BCUT2D eigenvalue weighted by atomic mass is 9.81. The zero-order chi connectivity index (χ0) is 14.0. The van der Waals surface area contributed by atoms with E-state index in [1.54, 1.807) is 0 Å². The number of hydrogen-bond donors (Lipinski definition) is 2. The van der Waals surface area contributed by atoms with Crippen molar-refractivity contribution in [2.75, 3.05) is 0 Å². The van der Waals surface area contributed by atoms with E-state index in [1.165, 1.54) is 24.8 Å². The third-order valence-electron chi connectivity index (χ3n) is 4.74. The van der Waals surface area contributed by atoms with E-state index in [-0.39, 0.29) is 11.9 Å². The molecule has 2 aliphatic rings. The molecule has 0 aliphatic heterocycles. The second kappa shape index (κ2) is 5.57. The van der Waals surface area contributed by atoms with Crippen LogP contribution in [0, 0.1) is 5.92 Å². The maximum Gasteiger partial charge on any atom is 0.240 e. The third-order valence-corrected chi connectivity index (χ3v) is 4.74. The van der Waals surface area contributed by atoms with Crippen molar-refractivity contribution in [3.05, 3.63) is 35.9 Å². The summed E-state index contributed by atoms with van der Waals surface area (Å²) in [7, 11) is 0. The Morgan fingerprint density at radius 2 is 1.80 bits per heavy atom. The molecule has 1 aromatic carbocycles. The average molecular weight is 272 g/mol. The van der Waals surface area contributed by atoms with Gasteiger partial charge in [-0.3, -0.25) is 4.79 Å². The Balaban J connectivity index is 1.72. The Labute approximate surface area is 120 Å². The van der Waals surface area contributed by atoms with Gasteiger partial charge in [-0.25, -0.2) is 0 Å². The number of nitrogens with one attached hydrogen (secondary N) is 1. The fraction of sp³-hybridized carbons (Fsp3) is 0.588. The highest BCUT2D eigenvalue weighted by Gasteiger charge is 2.39. The summed E-state index contributed by atoms with van der Waals surface area (Å²) in [5, 5.41) is 3.24. The number of carbonyl (C=O) groups excluding carboxylic acids is 1. The molecule has 0 bridgehead atoms. The molecular weight excluding hydrogens is 248 g/mol. The predicted molar refractivity (Wildman–Crippen MR) is 80.1 cm³/mol. The highest BCUT2D eigenvalue weighted by molar-refractivity contribution is 5.86. The lowest BCUT2D eigenvalue weighted by Gasteiger charge is -2.33. The highest BCUT2D eigenvalue weighted by Crippen LogP contribution is 2.41. The van der Waals surface area contributed by atoms with Crippen molar-refractivity contribution in [3.8, 4) is 0 Å². The van der Waals surface area contributed by atoms with Gasteiger partial charge in [-0.05, 0) is 37.2 Å². The molecule has 20 heavy (non-hydrogen) atoms. The third kappa shape index (κ3) is 2.88. The Hall–Kier alpha value is -1.35. The van der Waals surface area contributed by atoms with Gasteiger partial charge in [0.1, 0.15) is 0 Å². The van der Waals surface area contributed by atoms with Gasteiger partial charge in [-0.2, -0.15) is 0 Å². The quantitative estimate of drug-likeness (QED) is 0.885. The maximum absolute atomic E-state index is 12.6. The van der Waals surface area contributed by atoms with Gasteiger partial charge in [0.2, 0.25) is 5.91 Å². The van der Waals surface area contributed by atoms with Gasteiger partial charge in [-0.15, -0.1) is 0 Å². The van der Waals surface area contributed by atoms with E-state index in [9.17, 15) is 4.79 Å². The molecule has 3 nitrogen and oxygen atoms in total. The van der Waals surface area contributed by atoms with Crippen LogP contribution < -0.4 is 11.1 Å². The molecule has 0 spiro atoms. The molecule has 3 heteroatoms. The lowest BCUT2D eigenvalue weighted by molar-refractivity contribution is -0.128. The summed E-state index contributed by atoms with van der Waals surface area (Å²) in [6.07, 6.45) is 7.41. The molecule has 0 saturated heterocycles. The Morgan fingerprint density at radius 3 is 2.40 bits per heavy atom. The Morgan fingerprint density at radius 1 is 1.15 bits per heavy atom. The molecular formula is C17H24N2O. The fourth-order valence-electron chi connectivity index (χ4n) is 3.26. The van der Waals surface area contributed by atoms with Crippen molar-refractivity contribution >= 4 is 5.91 Å². The van der Waals surface area contributed by atoms with Crippen LogP contribution in [0.2, 0.25) is 0 Å². The molecule has 1 unspecified atom stereocenters. The van der Waals surface area contributed by atoms with E-state index < -0.39 is 5.54 Å². The predicted octanol–water partition coefficient (Wildman–Crippen LogP) is 2.92. The normalized spacial score (nSPS) is 23.1. The van der Waals surface area contributed by atoms with Crippen LogP contribution in [0.5, 0.6) is 0 Å². The number of carbonyl (C=O) groups is 1. The van der Waals surface area contributed by atoms with Crippen LogP contribution in [-0.4, -0.2) is 11.4 Å². The highest BCUT2D eigenvalue weighted by atomic mass is 16.2. The van der Waals surface area contributed by atoms with Crippen LogP contribution in [0.15, 0.2) is 30.3 Å². The molecule has 3 rings (SSSR count). The van der Waals surface area contributed by atoms with Crippen molar-refractivity contribution in [3.63, 3.8) is 0 Å². The van der Waals surface area contributed by atoms with Crippen molar-refractivity contribution in [2.45, 2.75) is 56.5 Å². The molecule has 1 atom stereocenters. The summed E-state index contributed by atoms with van der Waals surface area (Å²) < 4.78 is 0. The van der Waals surface area contributed by atoms with Crippen LogP contribution in [0.1, 0.15) is 56.6 Å².